The lowest BCUT2D eigenvalue weighted by molar-refractivity contribution is -0.186. The molecule has 1 N–H and O–H groups in total. The van der Waals surface area contributed by atoms with E-state index in [9.17, 15) is 8.42 Å². The molecule has 1 aliphatic heterocycles. The molecule has 1 atom stereocenters. The molecule has 0 bridgehead atoms. The smallest absolute Gasteiger partial charge is 0.250 e. The topological polar surface area (TPSA) is 64.6 Å². The summed E-state index contributed by atoms with van der Waals surface area (Å²) < 4.78 is 39.2. The molecule has 1 aromatic heterocycles. The van der Waals surface area contributed by atoms with Gasteiger partial charge in [-0.25, -0.2) is 13.1 Å². The predicted octanol–water partition coefficient (Wildman–Crippen LogP) is 2.76. The summed E-state index contributed by atoms with van der Waals surface area (Å²) in [6.07, 6.45) is 4.99. The Kier molecular flexibility index (Phi) is 4.59. The van der Waals surface area contributed by atoms with Crippen LogP contribution in [0.1, 0.15) is 32.1 Å². The molecular formula is C13H18ClNO4S2. The van der Waals surface area contributed by atoms with Crippen LogP contribution < -0.4 is 4.72 Å². The zero-order valence-electron chi connectivity index (χ0n) is 11.5. The second kappa shape index (κ2) is 6.14. The molecule has 5 nitrogen and oxygen atoms in total. The number of thiophene rings is 1. The van der Waals surface area contributed by atoms with Gasteiger partial charge in [0.05, 0.1) is 17.0 Å². The lowest BCUT2D eigenvalue weighted by Crippen LogP contribution is -2.37. The Bertz CT molecular complexity index is 595. The molecule has 21 heavy (non-hydrogen) atoms. The summed E-state index contributed by atoms with van der Waals surface area (Å²) in [7, 11) is -3.52. The minimum Gasteiger partial charge on any atom is -0.347 e. The van der Waals surface area contributed by atoms with Crippen molar-refractivity contribution in [1.29, 1.82) is 0 Å². The third kappa shape index (κ3) is 3.60. The third-order valence-electron chi connectivity index (χ3n) is 3.84. The van der Waals surface area contributed by atoms with Crippen LogP contribution in [-0.2, 0) is 19.5 Å². The zero-order chi connectivity index (χ0) is 14.9. The summed E-state index contributed by atoms with van der Waals surface area (Å²) in [4.78, 5) is 0. The number of rotatable bonds is 4. The largest absolute Gasteiger partial charge is 0.347 e. The highest BCUT2D eigenvalue weighted by Crippen LogP contribution is 2.37. The highest BCUT2D eigenvalue weighted by molar-refractivity contribution is 7.91. The fraction of sp³-hybridized carbons (Fsp3) is 0.692. The molecule has 1 aromatic rings. The number of nitrogens with one attached hydrogen (secondary N) is 1. The van der Waals surface area contributed by atoms with Crippen LogP contribution in [-0.4, -0.2) is 33.5 Å². The Balaban J connectivity index is 1.56. The fourth-order valence-corrected chi connectivity index (χ4v) is 5.38. The highest BCUT2D eigenvalue weighted by Gasteiger charge is 2.42. The summed E-state index contributed by atoms with van der Waals surface area (Å²) in [5.41, 5.74) is 0. The second-order valence-electron chi connectivity index (χ2n) is 5.43. The van der Waals surface area contributed by atoms with Crippen molar-refractivity contribution in [2.45, 2.75) is 48.2 Å². The van der Waals surface area contributed by atoms with Gasteiger partial charge in [-0.1, -0.05) is 18.0 Å². The molecule has 0 radical (unpaired) electrons. The van der Waals surface area contributed by atoms with Gasteiger partial charge in [-0.3, -0.25) is 0 Å². The van der Waals surface area contributed by atoms with Crippen LogP contribution in [0, 0.1) is 0 Å². The number of hydrogen-bond donors (Lipinski definition) is 1. The molecule has 2 aliphatic rings. The molecule has 0 amide bonds. The van der Waals surface area contributed by atoms with Gasteiger partial charge in [0.1, 0.15) is 4.21 Å². The first kappa shape index (κ1) is 15.7. The molecule has 8 heteroatoms. The normalized spacial score (nSPS) is 25.5. The summed E-state index contributed by atoms with van der Waals surface area (Å²) in [6.45, 7) is 0.660. The van der Waals surface area contributed by atoms with E-state index in [0.29, 0.717) is 10.9 Å². The summed E-state index contributed by atoms with van der Waals surface area (Å²) in [5.74, 6) is -0.472. The Morgan fingerprint density at radius 3 is 2.76 bits per heavy atom. The minimum atomic E-state index is -3.52. The van der Waals surface area contributed by atoms with Crippen molar-refractivity contribution in [3.8, 4) is 0 Å². The van der Waals surface area contributed by atoms with Crippen LogP contribution in [0.2, 0.25) is 4.34 Å². The van der Waals surface area contributed by atoms with E-state index >= 15 is 0 Å². The maximum Gasteiger partial charge on any atom is 0.250 e. The maximum absolute atomic E-state index is 12.1. The van der Waals surface area contributed by atoms with Gasteiger partial charge in [-0.05, 0) is 25.0 Å². The first-order chi connectivity index (χ1) is 9.99. The average Bonchev–Trinajstić information content (AvgIpc) is 3.06. The summed E-state index contributed by atoms with van der Waals surface area (Å²) >= 11 is 6.81. The van der Waals surface area contributed by atoms with E-state index in [0.717, 1.165) is 37.0 Å². The Morgan fingerprint density at radius 1 is 1.33 bits per heavy atom. The molecule has 1 saturated carbocycles. The molecule has 0 unspecified atom stereocenters. The summed E-state index contributed by atoms with van der Waals surface area (Å²) in [6, 6.07) is 3.08. The van der Waals surface area contributed by atoms with Crippen LogP contribution in [0.25, 0.3) is 0 Å². The quantitative estimate of drug-likeness (QED) is 0.905. The fourth-order valence-electron chi connectivity index (χ4n) is 2.79. The lowest BCUT2D eigenvalue weighted by atomic mass is 9.94. The molecule has 2 fully saturated rings. The number of ether oxygens (including phenoxy) is 2. The number of sulfonamides is 1. The van der Waals surface area contributed by atoms with Gasteiger partial charge in [-0.15, -0.1) is 11.3 Å². The standard InChI is InChI=1S/C13H18ClNO4S2/c14-11-4-5-12(20-11)21(16,17)15-8-10-9-18-13(19-10)6-2-1-3-7-13/h4-5,10,15H,1-3,6-9H2/t10-/m1/s1. The predicted molar refractivity (Wildman–Crippen MR) is 81.2 cm³/mol. The molecule has 118 valence electrons. The van der Waals surface area contributed by atoms with E-state index in [4.69, 9.17) is 21.1 Å². The van der Waals surface area contributed by atoms with Gasteiger partial charge in [0.25, 0.3) is 0 Å². The molecule has 3 rings (SSSR count). The van der Waals surface area contributed by atoms with E-state index in [1.54, 1.807) is 6.07 Å². The average molecular weight is 352 g/mol. The Hall–Kier alpha value is -0.180. The maximum atomic E-state index is 12.1. The SMILES string of the molecule is O=S(=O)(NC[C@@H]1COC2(CCCCC2)O1)c1ccc(Cl)s1. The second-order valence-corrected chi connectivity index (χ2v) is 9.14. The summed E-state index contributed by atoms with van der Waals surface area (Å²) in [5, 5.41) is 0. The first-order valence-electron chi connectivity index (χ1n) is 7.06. The van der Waals surface area contributed by atoms with Gasteiger partial charge in [0.15, 0.2) is 5.79 Å². The highest BCUT2D eigenvalue weighted by atomic mass is 35.5. The van der Waals surface area contributed by atoms with Crippen molar-refractivity contribution in [3.63, 3.8) is 0 Å². The van der Waals surface area contributed by atoms with Crippen molar-refractivity contribution in [2.24, 2.45) is 0 Å². The van der Waals surface area contributed by atoms with Gasteiger partial charge >= 0.3 is 0 Å². The molecular weight excluding hydrogens is 334 g/mol. The van der Waals surface area contributed by atoms with Gasteiger partial charge in [0, 0.05) is 19.4 Å². The molecule has 1 saturated heterocycles. The van der Waals surface area contributed by atoms with E-state index < -0.39 is 15.8 Å². The van der Waals surface area contributed by atoms with Gasteiger partial charge in [-0.2, -0.15) is 0 Å². The van der Waals surface area contributed by atoms with Crippen molar-refractivity contribution in [2.75, 3.05) is 13.2 Å². The minimum absolute atomic E-state index is 0.221. The lowest BCUT2D eigenvalue weighted by Gasteiger charge is -2.31. The third-order valence-corrected chi connectivity index (χ3v) is 6.99. The van der Waals surface area contributed by atoms with Crippen molar-refractivity contribution >= 4 is 33.0 Å². The van der Waals surface area contributed by atoms with Crippen molar-refractivity contribution in [3.05, 3.63) is 16.5 Å². The molecule has 0 aromatic carbocycles. The van der Waals surface area contributed by atoms with Crippen LogP contribution >= 0.6 is 22.9 Å². The van der Waals surface area contributed by atoms with Crippen LogP contribution in [0.15, 0.2) is 16.3 Å². The van der Waals surface area contributed by atoms with E-state index in [1.807, 2.05) is 0 Å². The van der Waals surface area contributed by atoms with Gasteiger partial charge in [0.2, 0.25) is 10.0 Å². The number of halogens is 1. The van der Waals surface area contributed by atoms with E-state index in [2.05, 4.69) is 4.72 Å². The van der Waals surface area contributed by atoms with Crippen molar-refractivity contribution in [1.82, 2.24) is 4.72 Å². The van der Waals surface area contributed by atoms with E-state index in [1.165, 1.54) is 12.5 Å². The molecule has 1 aliphatic carbocycles. The zero-order valence-corrected chi connectivity index (χ0v) is 13.9. The van der Waals surface area contributed by atoms with E-state index in [-0.39, 0.29) is 16.9 Å². The molecule has 1 spiro atoms. The van der Waals surface area contributed by atoms with Gasteiger partial charge < -0.3 is 9.47 Å². The van der Waals surface area contributed by atoms with Crippen LogP contribution in [0.5, 0.6) is 0 Å². The number of hydrogen-bond acceptors (Lipinski definition) is 5. The molecule has 2 heterocycles. The first-order valence-corrected chi connectivity index (χ1v) is 9.74. The Labute approximate surface area is 133 Å². The Morgan fingerprint density at radius 2 is 2.10 bits per heavy atom. The van der Waals surface area contributed by atoms with Crippen LogP contribution in [0.3, 0.4) is 0 Å². The van der Waals surface area contributed by atoms with Crippen LogP contribution in [0.4, 0.5) is 0 Å². The van der Waals surface area contributed by atoms with Crippen molar-refractivity contribution < 1.29 is 17.9 Å². The monoisotopic (exact) mass is 351 g/mol.